The molecule has 0 bridgehead atoms. The Morgan fingerprint density at radius 1 is 1.48 bits per heavy atom. The number of carboxylic acids is 1. The molecule has 21 heavy (non-hydrogen) atoms. The number of thioether (sulfide) groups is 1. The molecule has 0 saturated carbocycles. The minimum Gasteiger partial charge on any atom is -0.478 e. The van der Waals surface area contributed by atoms with Crippen molar-refractivity contribution in [3.8, 4) is 0 Å². The third-order valence-electron chi connectivity index (χ3n) is 3.43. The monoisotopic (exact) mass is 309 g/mol. The Bertz CT molecular complexity index is 582. The Morgan fingerprint density at radius 3 is 2.81 bits per heavy atom. The standard InChI is InChI=1S/C15H16FNO3S/c1-17(12-6-7-21-9-12)15(20)11-3-2-10(13(16)8-11)4-5-14(18)19/h2-5,8,12H,6-7,9H2,1H3,(H,18,19). The van der Waals surface area contributed by atoms with Crippen molar-refractivity contribution in [2.75, 3.05) is 18.6 Å². The van der Waals surface area contributed by atoms with Gasteiger partial charge in [-0.15, -0.1) is 0 Å². The van der Waals surface area contributed by atoms with Crippen LogP contribution >= 0.6 is 11.8 Å². The SMILES string of the molecule is CN(C(=O)c1ccc(C=CC(=O)O)c(F)c1)C1CCSC1. The van der Waals surface area contributed by atoms with Crippen LogP contribution < -0.4 is 0 Å². The Hall–Kier alpha value is -1.82. The molecule has 1 aromatic rings. The quantitative estimate of drug-likeness (QED) is 0.868. The number of hydrogen-bond acceptors (Lipinski definition) is 3. The second-order valence-electron chi connectivity index (χ2n) is 4.84. The third kappa shape index (κ3) is 3.85. The molecule has 1 fully saturated rings. The van der Waals surface area contributed by atoms with E-state index in [9.17, 15) is 14.0 Å². The maximum absolute atomic E-state index is 13.9. The highest BCUT2D eigenvalue weighted by atomic mass is 32.2. The highest BCUT2D eigenvalue weighted by Gasteiger charge is 2.24. The van der Waals surface area contributed by atoms with E-state index in [4.69, 9.17) is 5.11 Å². The fourth-order valence-electron chi connectivity index (χ4n) is 2.15. The molecule has 6 heteroatoms. The van der Waals surface area contributed by atoms with E-state index in [2.05, 4.69) is 0 Å². The number of carbonyl (C=O) groups is 2. The van der Waals surface area contributed by atoms with Gasteiger partial charge in [0, 0.05) is 36.0 Å². The molecule has 1 unspecified atom stereocenters. The lowest BCUT2D eigenvalue weighted by Crippen LogP contribution is -2.37. The van der Waals surface area contributed by atoms with Gasteiger partial charge in [0.25, 0.3) is 5.91 Å². The van der Waals surface area contributed by atoms with E-state index in [0.29, 0.717) is 0 Å². The molecule has 1 atom stereocenters. The number of hydrogen-bond donors (Lipinski definition) is 1. The van der Waals surface area contributed by atoms with Gasteiger partial charge in [0.2, 0.25) is 0 Å². The molecule has 1 heterocycles. The van der Waals surface area contributed by atoms with E-state index >= 15 is 0 Å². The predicted octanol–water partition coefficient (Wildman–Crippen LogP) is 2.50. The number of carboxylic acid groups (broad SMARTS) is 1. The second-order valence-corrected chi connectivity index (χ2v) is 5.99. The molecule has 1 N–H and O–H groups in total. The largest absolute Gasteiger partial charge is 0.478 e. The Labute approximate surface area is 126 Å². The smallest absolute Gasteiger partial charge is 0.328 e. The summed E-state index contributed by atoms with van der Waals surface area (Å²) in [6.07, 6.45) is 2.99. The van der Waals surface area contributed by atoms with Crippen LogP contribution in [0.25, 0.3) is 6.08 Å². The zero-order chi connectivity index (χ0) is 15.4. The fraction of sp³-hybridized carbons (Fsp3) is 0.333. The number of aliphatic carboxylic acids is 1. The van der Waals surface area contributed by atoms with Gasteiger partial charge in [0.1, 0.15) is 5.82 Å². The minimum absolute atomic E-state index is 0.146. The number of carbonyl (C=O) groups excluding carboxylic acids is 1. The lowest BCUT2D eigenvalue weighted by Gasteiger charge is -2.23. The summed E-state index contributed by atoms with van der Waals surface area (Å²) >= 11 is 1.81. The summed E-state index contributed by atoms with van der Waals surface area (Å²) in [6.45, 7) is 0. The average molecular weight is 309 g/mol. The van der Waals surface area contributed by atoms with Gasteiger partial charge in [-0.2, -0.15) is 11.8 Å². The topological polar surface area (TPSA) is 57.6 Å². The summed E-state index contributed by atoms with van der Waals surface area (Å²) < 4.78 is 13.9. The molecule has 4 nitrogen and oxygen atoms in total. The zero-order valence-electron chi connectivity index (χ0n) is 11.6. The van der Waals surface area contributed by atoms with Gasteiger partial charge in [0.05, 0.1) is 0 Å². The van der Waals surface area contributed by atoms with E-state index in [1.807, 2.05) is 0 Å². The van der Waals surface area contributed by atoms with Crippen molar-refractivity contribution in [2.24, 2.45) is 0 Å². The first kappa shape index (κ1) is 15.6. The normalized spacial score (nSPS) is 18.1. The van der Waals surface area contributed by atoms with Crippen molar-refractivity contribution in [1.29, 1.82) is 0 Å². The summed E-state index contributed by atoms with van der Waals surface area (Å²) in [4.78, 5) is 24.4. The van der Waals surface area contributed by atoms with E-state index in [1.165, 1.54) is 18.2 Å². The highest BCUT2D eigenvalue weighted by Crippen LogP contribution is 2.23. The minimum atomic E-state index is -1.15. The van der Waals surface area contributed by atoms with Crippen molar-refractivity contribution in [3.05, 3.63) is 41.2 Å². The summed E-state index contributed by atoms with van der Waals surface area (Å²) in [5.74, 6) is -0.0181. The van der Waals surface area contributed by atoms with Crippen LogP contribution in [-0.2, 0) is 4.79 Å². The number of rotatable bonds is 4. The van der Waals surface area contributed by atoms with Gasteiger partial charge in [-0.1, -0.05) is 6.07 Å². The second kappa shape index (κ2) is 6.76. The summed E-state index contributed by atoms with van der Waals surface area (Å²) in [5.41, 5.74) is 0.424. The number of nitrogens with zero attached hydrogens (tertiary/aromatic N) is 1. The molecular formula is C15H16FNO3S. The Morgan fingerprint density at radius 2 is 2.24 bits per heavy atom. The first-order valence-corrected chi connectivity index (χ1v) is 7.70. The molecular weight excluding hydrogens is 293 g/mol. The van der Waals surface area contributed by atoms with Crippen LogP contribution in [0.3, 0.4) is 0 Å². The van der Waals surface area contributed by atoms with Crippen molar-refractivity contribution in [3.63, 3.8) is 0 Å². The van der Waals surface area contributed by atoms with Gasteiger partial charge in [-0.05, 0) is 30.4 Å². The molecule has 0 aromatic heterocycles. The van der Waals surface area contributed by atoms with Gasteiger partial charge < -0.3 is 10.0 Å². The van der Waals surface area contributed by atoms with Crippen LogP contribution in [0.4, 0.5) is 4.39 Å². The van der Waals surface area contributed by atoms with Gasteiger partial charge in [0.15, 0.2) is 0 Å². The molecule has 0 aliphatic carbocycles. The highest BCUT2D eigenvalue weighted by molar-refractivity contribution is 7.99. The predicted molar refractivity (Wildman–Crippen MR) is 80.9 cm³/mol. The summed E-state index contributed by atoms with van der Waals surface area (Å²) in [7, 11) is 1.73. The molecule has 0 radical (unpaired) electrons. The lowest BCUT2D eigenvalue weighted by molar-refractivity contribution is -0.131. The third-order valence-corrected chi connectivity index (χ3v) is 4.57. The average Bonchev–Trinajstić information content (AvgIpc) is 2.98. The van der Waals surface area contributed by atoms with Crippen LogP contribution in [0.1, 0.15) is 22.3 Å². The first-order chi connectivity index (χ1) is 9.99. The van der Waals surface area contributed by atoms with Crippen LogP contribution in [0, 0.1) is 5.82 Å². The molecule has 1 aliphatic rings. The van der Waals surface area contributed by atoms with Gasteiger partial charge in [-0.3, -0.25) is 4.79 Å². The van der Waals surface area contributed by atoms with Crippen LogP contribution in [0.2, 0.25) is 0 Å². The molecule has 0 spiro atoms. The first-order valence-electron chi connectivity index (χ1n) is 6.54. The maximum atomic E-state index is 13.9. The molecule has 1 aromatic carbocycles. The Balaban J connectivity index is 2.15. The zero-order valence-corrected chi connectivity index (χ0v) is 12.4. The van der Waals surface area contributed by atoms with Crippen LogP contribution in [0.5, 0.6) is 0 Å². The van der Waals surface area contributed by atoms with E-state index < -0.39 is 11.8 Å². The summed E-state index contributed by atoms with van der Waals surface area (Å²) in [5, 5.41) is 8.53. The molecule has 1 amide bonds. The van der Waals surface area contributed by atoms with Gasteiger partial charge in [-0.25, -0.2) is 9.18 Å². The molecule has 1 aliphatic heterocycles. The molecule has 1 saturated heterocycles. The summed E-state index contributed by atoms with van der Waals surface area (Å²) in [6, 6.07) is 4.28. The lowest BCUT2D eigenvalue weighted by atomic mass is 10.1. The van der Waals surface area contributed by atoms with Crippen LogP contribution in [0.15, 0.2) is 24.3 Å². The van der Waals surface area contributed by atoms with Crippen molar-refractivity contribution in [1.82, 2.24) is 4.90 Å². The van der Waals surface area contributed by atoms with E-state index in [0.717, 1.165) is 30.1 Å². The fourth-order valence-corrected chi connectivity index (χ4v) is 3.42. The maximum Gasteiger partial charge on any atom is 0.328 e. The number of benzene rings is 1. The van der Waals surface area contributed by atoms with E-state index in [1.54, 1.807) is 23.7 Å². The van der Waals surface area contributed by atoms with Crippen molar-refractivity contribution < 1.29 is 19.1 Å². The van der Waals surface area contributed by atoms with Gasteiger partial charge >= 0.3 is 5.97 Å². The molecule has 112 valence electrons. The van der Waals surface area contributed by atoms with Crippen LogP contribution in [-0.4, -0.2) is 46.5 Å². The Kier molecular flexibility index (Phi) is 5.01. The van der Waals surface area contributed by atoms with E-state index in [-0.39, 0.29) is 23.1 Å². The number of amides is 1. The van der Waals surface area contributed by atoms with Crippen molar-refractivity contribution in [2.45, 2.75) is 12.5 Å². The van der Waals surface area contributed by atoms with Crippen molar-refractivity contribution >= 4 is 29.7 Å². The number of halogens is 1. The molecule has 2 rings (SSSR count).